The average Bonchev–Trinajstić information content (AvgIpc) is 3.38. The van der Waals surface area contributed by atoms with Gasteiger partial charge in [0.1, 0.15) is 12.3 Å². The number of nitriles is 1. The molecular formula is C26H28N4O4. The average molecular weight is 461 g/mol. The Morgan fingerprint density at radius 2 is 1.85 bits per heavy atom. The first kappa shape index (κ1) is 24.6. The summed E-state index contributed by atoms with van der Waals surface area (Å²) in [6.45, 7) is 1.18. The van der Waals surface area contributed by atoms with E-state index < -0.39 is 6.03 Å². The lowest BCUT2D eigenvalue weighted by Gasteiger charge is -2.27. The summed E-state index contributed by atoms with van der Waals surface area (Å²) in [6, 6.07) is 21.7. The molecule has 0 aliphatic heterocycles. The van der Waals surface area contributed by atoms with E-state index in [9.17, 15) is 9.59 Å². The van der Waals surface area contributed by atoms with E-state index in [1.54, 1.807) is 41.5 Å². The SMILES string of the molecule is COCCN(CC(=O)N(CCc1ccccc1)Cc1ccco1)C(=O)Nc1cccc(C#N)c1. The molecule has 0 atom stereocenters. The van der Waals surface area contributed by atoms with E-state index in [-0.39, 0.29) is 25.6 Å². The smallest absolute Gasteiger partial charge is 0.322 e. The fourth-order valence-corrected chi connectivity index (χ4v) is 3.38. The van der Waals surface area contributed by atoms with Gasteiger partial charge < -0.3 is 24.3 Å². The molecule has 0 spiro atoms. The van der Waals surface area contributed by atoms with Crippen LogP contribution in [0.1, 0.15) is 16.9 Å². The lowest BCUT2D eigenvalue weighted by atomic mass is 10.1. The Morgan fingerprint density at radius 3 is 2.56 bits per heavy atom. The van der Waals surface area contributed by atoms with Gasteiger partial charge in [-0.15, -0.1) is 0 Å². The fourth-order valence-electron chi connectivity index (χ4n) is 3.38. The van der Waals surface area contributed by atoms with Crippen molar-refractivity contribution >= 4 is 17.6 Å². The third-order valence-electron chi connectivity index (χ3n) is 5.21. The summed E-state index contributed by atoms with van der Waals surface area (Å²) in [4.78, 5) is 29.4. The summed E-state index contributed by atoms with van der Waals surface area (Å²) in [5.41, 5.74) is 2.03. The number of anilines is 1. The molecule has 0 fully saturated rings. The molecule has 8 nitrogen and oxygen atoms in total. The summed E-state index contributed by atoms with van der Waals surface area (Å²) in [7, 11) is 1.54. The third-order valence-corrected chi connectivity index (χ3v) is 5.21. The first-order valence-corrected chi connectivity index (χ1v) is 11.0. The fraction of sp³-hybridized carbons (Fsp3) is 0.269. The van der Waals surface area contributed by atoms with Gasteiger partial charge in [0.25, 0.3) is 0 Å². The van der Waals surface area contributed by atoms with Gasteiger partial charge in [0.05, 0.1) is 31.0 Å². The zero-order chi connectivity index (χ0) is 24.2. The number of amides is 3. The molecular weight excluding hydrogens is 432 g/mol. The maximum atomic E-state index is 13.3. The van der Waals surface area contributed by atoms with E-state index in [0.717, 1.165) is 5.56 Å². The van der Waals surface area contributed by atoms with E-state index in [1.807, 2.05) is 42.5 Å². The second kappa shape index (κ2) is 12.8. The number of urea groups is 1. The highest BCUT2D eigenvalue weighted by atomic mass is 16.5. The molecule has 1 aromatic heterocycles. The minimum Gasteiger partial charge on any atom is -0.467 e. The van der Waals surface area contributed by atoms with Crippen molar-refractivity contribution in [2.45, 2.75) is 13.0 Å². The Kier molecular flexibility index (Phi) is 9.26. The lowest BCUT2D eigenvalue weighted by molar-refractivity contribution is -0.132. The molecule has 0 saturated carbocycles. The number of rotatable bonds is 11. The summed E-state index contributed by atoms with van der Waals surface area (Å²) in [5, 5.41) is 11.9. The zero-order valence-electron chi connectivity index (χ0n) is 19.1. The van der Waals surface area contributed by atoms with Crippen molar-refractivity contribution in [2.75, 3.05) is 38.7 Å². The van der Waals surface area contributed by atoms with Crippen LogP contribution in [-0.2, 0) is 22.5 Å². The number of carbonyl (C=O) groups excluding carboxylic acids is 2. The van der Waals surface area contributed by atoms with Crippen molar-refractivity contribution in [3.05, 3.63) is 89.9 Å². The number of hydrogen-bond acceptors (Lipinski definition) is 5. The Morgan fingerprint density at radius 1 is 1.03 bits per heavy atom. The Hall–Kier alpha value is -4.09. The number of hydrogen-bond donors (Lipinski definition) is 1. The van der Waals surface area contributed by atoms with Gasteiger partial charge in [0.2, 0.25) is 5.91 Å². The van der Waals surface area contributed by atoms with Crippen molar-refractivity contribution in [1.29, 1.82) is 5.26 Å². The molecule has 1 N–H and O–H groups in total. The van der Waals surface area contributed by atoms with Gasteiger partial charge in [-0.2, -0.15) is 5.26 Å². The molecule has 0 bridgehead atoms. The Labute approximate surface area is 199 Å². The summed E-state index contributed by atoms with van der Waals surface area (Å²) in [6.07, 6.45) is 2.25. The lowest BCUT2D eigenvalue weighted by Crippen LogP contribution is -2.46. The number of nitrogens with one attached hydrogen (secondary N) is 1. The number of nitrogens with zero attached hydrogens (tertiary/aromatic N) is 3. The molecule has 34 heavy (non-hydrogen) atoms. The predicted molar refractivity (Wildman–Crippen MR) is 128 cm³/mol. The van der Waals surface area contributed by atoms with Crippen LogP contribution in [-0.4, -0.2) is 55.1 Å². The zero-order valence-corrected chi connectivity index (χ0v) is 19.1. The molecule has 0 aliphatic rings. The van der Waals surface area contributed by atoms with E-state index in [1.165, 1.54) is 12.0 Å². The largest absolute Gasteiger partial charge is 0.467 e. The maximum Gasteiger partial charge on any atom is 0.322 e. The van der Waals surface area contributed by atoms with E-state index in [0.29, 0.717) is 36.5 Å². The highest BCUT2D eigenvalue weighted by Crippen LogP contribution is 2.12. The number of benzene rings is 2. The van der Waals surface area contributed by atoms with Gasteiger partial charge in [-0.05, 0) is 42.3 Å². The van der Waals surface area contributed by atoms with Gasteiger partial charge >= 0.3 is 6.03 Å². The summed E-state index contributed by atoms with van der Waals surface area (Å²) >= 11 is 0. The number of furan rings is 1. The quantitative estimate of drug-likeness (QED) is 0.468. The number of carbonyl (C=O) groups is 2. The standard InChI is InChI=1S/C26H28N4O4/c1-33-16-14-30(26(32)28-23-10-5-9-22(17-23)18-27)20-25(31)29(19-24-11-6-15-34-24)13-12-21-7-3-2-4-8-21/h2-11,15,17H,12-14,16,19-20H2,1H3,(H,28,32). The van der Waals surface area contributed by atoms with Gasteiger partial charge in [0.15, 0.2) is 0 Å². The summed E-state index contributed by atoms with van der Waals surface area (Å²) < 4.78 is 10.6. The first-order chi connectivity index (χ1) is 16.6. The van der Waals surface area contributed by atoms with Gasteiger partial charge in [-0.25, -0.2) is 4.79 Å². The summed E-state index contributed by atoms with van der Waals surface area (Å²) in [5.74, 6) is 0.465. The molecule has 1 heterocycles. The van der Waals surface area contributed by atoms with E-state index in [4.69, 9.17) is 14.4 Å². The van der Waals surface area contributed by atoms with Crippen molar-refractivity contribution in [2.24, 2.45) is 0 Å². The third kappa shape index (κ3) is 7.50. The normalized spacial score (nSPS) is 10.4. The predicted octanol–water partition coefficient (Wildman–Crippen LogP) is 3.90. The molecule has 0 saturated heterocycles. The Bertz CT molecular complexity index is 1090. The number of ether oxygens (including phenoxy) is 1. The van der Waals surface area contributed by atoms with Crippen LogP contribution in [0.3, 0.4) is 0 Å². The van der Waals surface area contributed by atoms with E-state index in [2.05, 4.69) is 5.32 Å². The van der Waals surface area contributed by atoms with Crippen molar-refractivity contribution < 1.29 is 18.7 Å². The van der Waals surface area contributed by atoms with Crippen molar-refractivity contribution in [3.8, 4) is 6.07 Å². The molecule has 3 rings (SSSR count). The molecule has 0 radical (unpaired) electrons. The minimum atomic E-state index is -0.443. The molecule has 3 amide bonds. The van der Waals surface area contributed by atoms with Crippen molar-refractivity contribution in [1.82, 2.24) is 9.80 Å². The minimum absolute atomic E-state index is 0.122. The second-order valence-electron chi connectivity index (χ2n) is 7.67. The van der Waals surface area contributed by atoms with Gasteiger partial charge in [-0.3, -0.25) is 4.79 Å². The van der Waals surface area contributed by atoms with Crippen LogP contribution in [0.2, 0.25) is 0 Å². The monoisotopic (exact) mass is 460 g/mol. The highest BCUT2D eigenvalue weighted by Gasteiger charge is 2.22. The van der Waals surface area contributed by atoms with Crippen LogP contribution in [0.25, 0.3) is 0 Å². The Balaban J connectivity index is 1.70. The van der Waals surface area contributed by atoms with Crippen LogP contribution < -0.4 is 5.32 Å². The van der Waals surface area contributed by atoms with Crippen LogP contribution in [0.4, 0.5) is 10.5 Å². The molecule has 0 unspecified atom stereocenters. The van der Waals surface area contributed by atoms with Crippen molar-refractivity contribution in [3.63, 3.8) is 0 Å². The topological polar surface area (TPSA) is 98.8 Å². The van der Waals surface area contributed by atoms with Crippen LogP contribution in [0.15, 0.2) is 77.4 Å². The molecule has 176 valence electrons. The van der Waals surface area contributed by atoms with Crippen LogP contribution in [0, 0.1) is 11.3 Å². The maximum absolute atomic E-state index is 13.3. The number of methoxy groups -OCH3 is 1. The molecule has 2 aromatic carbocycles. The first-order valence-electron chi connectivity index (χ1n) is 11.0. The second-order valence-corrected chi connectivity index (χ2v) is 7.67. The molecule has 8 heteroatoms. The van der Waals surface area contributed by atoms with Gasteiger partial charge in [0, 0.05) is 25.9 Å². The molecule has 3 aromatic rings. The molecule has 0 aliphatic carbocycles. The van der Waals surface area contributed by atoms with Crippen LogP contribution in [0.5, 0.6) is 0 Å². The van der Waals surface area contributed by atoms with E-state index >= 15 is 0 Å². The van der Waals surface area contributed by atoms with Gasteiger partial charge in [-0.1, -0.05) is 36.4 Å². The van der Waals surface area contributed by atoms with Crippen LogP contribution >= 0.6 is 0 Å². The highest BCUT2D eigenvalue weighted by molar-refractivity contribution is 5.92.